The summed E-state index contributed by atoms with van der Waals surface area (Å²) in [5.41, 5.74) is 6.01. The van der Waals surface area contributed by atoms with Crippen molar-refractivity contribution >= 4 is 0 Å². The molecule has 3 rings (SSSR count). The predicted molar refractivity (Wildman–Crippen MR) is 63.4 cm³/mol. The summed E-state index contributed by atoms with van der Waals surface area (Å²) < 4.78 is 23.6. The van der Waals surface area contributed by atoms with Crippen LogP contribution in [0.15, 0.2) is 22.9 Å². The van der Waals surface area contributed by atoms with Crippen LogP contribution in [-0.2, 0) is 4.74 Å². The van der Waals surface area contributed by atoms with Gasteiger partial charge in [0.25, 0.3) is 5.89 Å². The predicted octanol–water partition coefficient (Wildman–Crippen LogP) is 1.45. The minimum Gasteiger partial charge on any atom is -0.364 e. The Kier molecular flexibility index (Phi) is 3.22. The smallest absolute Gasteiger partial charge is 0.256 e. The fraction of sp³-hybridized carbons (Fsp3) is 0.417. The zero-order valence-electron chi connectivity index (χ0n) is 10.1. The first-order valence-corrected chi connectivity index (χ1v) is 6.07. The van der Waals surface area contributed by atoms with Crippen LogP contribution in [0.2, 0.25) is 0 Å². The van der Waals surface area contributed by atoms with E-state index in [1.165, 1.54) is 12.1 Å². The SMILES string of the molecule is NCC1CCC(c2nc(-c3ccc(F)cn3)no2)O1. The number of aromatic nitrogens is 3. The molecule has 0 radical (unpaired) electrons. The van der Waals surface area contributed by atoms with Crippen LogP contribution in [0.25, 0.3) is 11.5 Å². The van der Waals surface area contributed by atoms with Gasteiger partial charge in [0.15, 0.2) is 0 Å². The molecule has 1 fully saturated rings. The maximum absolute atomic E-state index is 12.8. The molecule has 2 N–H and O–H groups in total. The van der Waals surface area contributed by atoms with Gasteiger partial charge in [-0.15, -0.1) is 0 Å². The number of nitrogens with two attached hydrogens (primary N) is 1. The molecule has 0 aromatic carbocycles. The molecule has 2 unspecified atom stereocenters. The summed E-state index contributed by atoms with van der Waals surface area (Å²) in [6, 6.07) is 2.80. The Morgan fingerprint density at radius 3 is 2.95 bits per heavy atom. The highest BCUT2D eigenvalue weighted by atomic mass is 19.1. The first kappa shape index (κ1) is 12.2. The molecule has 100 valence electrons. The number of hydrogen-bond donors (Lipinski definition) is 1. The van der Waals surface area contributed by atoms with Crippen LogP contribution in [-0.4, -0.2) is 27.8 Å². The quantitative estimate of drug-likeness (QED) is 0.902. The Morgan fingerprint density at radius 1 is 1.37 bits per heavy atom. The number of rotatable bonds is 3. The molecule has 0 saturated carbocycles. The van der Waals surface area contributed by atoms with Gasteiger partial charge >= 0.3 is 0 Å². The van der Waals surface area contributed by atoms with Gasteiger partial charge in [0.1, 0.15) is 17.6 Å². The first-order chi connectivity index (χ1) is 9.26. The molecule has 0 spiro atoms. The van der Waals surface area contributed by atoms with E-state index in [0.29, 0.717) is 24.0 Å². The molecule has 19 heavy (non-hydrogen) atoms. The third-order valence-electron chi connectivity index (χ3n) is 3.04. The molecule has 0 bridgehead atoms. The Labute approximate surface area is 108 Å². The fourth-order valence-corrected chi connectivity index (χ4v) is 2.04. The highest BCUT2D eigenvalue weighted by Crippen LogP contribution is 2.31. The third kappa shape index (κ3) is 2.47. The van der Waals surface area contributed by atoms with Gasteiger partial charge < -0.3 is 15.0 Å². The van der Waals surface area contributed by atoms with Gasteiger partial charge in [-0.3, -0.25) is 0 Å². The topological polar surface area (TPSA) is 87.1 Å². The summed E-state index contributed by atoms with van der Waals surface area (Å²) in [4.78, 5) is 8.13. The highest BCUT2D eigenvalue weighted by molar-refractivity contribution is 5.47. The van der Waals surface area contributed by atoms with E-state index in [-0.39, 0.29) is 12.2 Å². The average molecular weight is 264 g/mol. The molecule has 2 atom stereocenters. The number of pyridine rings is 1. The van der Waals surface area contributed by atoms with Gasteiger partial charge in [0.2, 0.25) is 5.82 Å². The van der Waals surface area contributed by atoms with Crippen LogP contribution < -0.4 is 5.73 Å². The molecule has 3 heterocycles. The second-order valence-electron chi connectivity index (χ2n) is 4.38. The van der Waals surface area contributed by atoms with E-state index in [1.807, 2.05) is 0 Å². The number of nitrogens with zero attached hydrogens (tertiary/aromatic N) is 3. The number of halogens is 1. The average Bonchev–Trinajstić information content (AvgIpc) is 3.08. The van der Waals surface area contributed by atoms with Crippen molar-refractivity contribution in [2.75, 3.05) is 6.54 Å². The Morgan fingerprint density at radius 2 is 2.26 bits per heavy atom. The molecule has 0 aliphatic carbocycles. The highest BCUT2D eigenvalue weighted by Gasteiger charge is 2.30. The molecule has 2 aromatic heterocycles. The van der Waals surface area contributed by atoms with Crippen LogP contribution >= 0.6 is 0 Å². The van der Waals surface area contributed by atoms with E-state index in [1.54, 1.807) is 0 Å². The summed E-state index contributed by atoms with van der Waals surface area (Å²) in [6.07, 6.45) is 2.63. The van der Waals surface area contributed by atoms with Crippen molar-refractivity contribution in [2.24, 2.45) is 5.73 Å². The lowest BCUT2D eigenvalue weighted by atomic mass is 10.2. The van der Waals surface area contributed by atoms with E-state index in [4.69, 9.17) is 15.0 Å². The lowest BCUT2D eigenvalue weighted by Gasteiger charge is -2.07. The lowest BCUT2D eigenvalue weighted by molar-refractivity contribution is 0.0307. The molecule has 7 heteroatoms. The maximum atomic E-state index is 12.8. The summed E-state index contributed by atoms with van der Waals surface area (Å²) in [5.74, 6) is 0.337. The Balaban J connectivity index is 1.78. The van der Waals surface area contributed by atoms with Crippen LogP contribution in [0.3, 0.4) is 0 Å². The van der Waals surface area contributed by atoms with E-state index < -0.39 is 5.82 Å². The van der Waals surface area contributed by atoms with Crippen molar-refractivity contribution in [3.63, 3.8) is 0 Å². The van der Waals surface area contributed by atoms with Crippen molar-refractivity contribution in [1.82, 2.24) is 15.1 Å². The van der Waals surface area contributed by atoms with Crippen LogP contribution in [0.5, 0.6) is 0 Å². The summed E-state index contributed by atoms with van der Waals surface area (Å²) in [6.45, 7) is 0.483. The zero-order valence-corrected chi connectivity index (χ0v) is 10.1. The van der Waals surface area contributed by atoms with Crippen LogP contribution in [0.4, 0.5) is 4.39 Å². The Hall–Kier alpha value is -1.86. The molecule has 1 aliphatic rings. The molecule has 0 amide bonds. The molecule has 2 aromatic rings. The summed E-state index contributed by atoms with van der Waals surface area (Å²) >= 11 is 0. The molecule has 1 aliphatic heterocycles. The van der Waals surface area contributed by atoms with Gasteiger partial charge in [-0.05, 0) is 25.0 Å². The lowest BCUT2D eigenvalue weighted by Crippen LogP contribution is -2.18. The number of hydrogen-bond acceptors (Lipinski definition) is 6. The third-order valence-corrected chi connectivity index (χ3v) is 3.04. The van der Waals surface area contributed by atoms with E-state index >= 15 is 0 Å². The van der Waals surface area contributed by atoms with Crippen molar-refractivity contribution < 1.29 is 13.7 Å². The van der Waals surface area contributed by atoms with Crippen molar-refractivity contribution in [1.29, 1.82) is 0 Å². The monoisotopic (exact) mass is 264 g/mol. The first-order valence-electron chi connectivity index (χ1n) is 6.07. The maximum Gasteiger partial charge on any atom is 0.256 e. The second-order valence-corrected chi connectivity index (χ2v) is 4.38. The van der Waals surface area contributed by atoms with E-state index in [9.17, 15) is 4.39 Å². The molecular formula is C12H13FN4O2. The molecule has 1 saturated heterocycles. The van der Waals surface area contributed by atoms with Gasteiger partial charge in [-0.2, -0.15) is 4.98 Å². The van der Waals surface area contributed by atoms with Gasteiger partial charge in [-0.1, -0.05) is 5.16 Å². The fourth-order valence-electron chi connectivity index (χ4n) is 2.04. The molecular weight excluding hydrogens is 251 g/mol. The van der Waals surface area contributed by atoms with Crippen molar-refractivity contribution in [2.45, 2.75) is 25.0 Å². The Bertz CT molecular complexity index is 557. The standard InChI is InChI=1S/C12H13FN4O2/c13-7-1-3-9(15-6-7)11-16-12(19-17-11)10-4-2-8(5-14)18-10/h1,3,6,8,10H,2,4-5,14H2. The van der Waals surface area contributed by atoms with E-state index in [0.717, 1.165) is 19.0 Å². The van der Waals surface area contributed by atoms with Gasteiger partial charge in [-0.25, -0.2) is 9.37 Å². The summed E-state index contributed by atoms with van der Waals surface area (Å²) in [5, 5.41) is 3.83. The normalized spacial score (nSPS) is 22.8. The molecule has 6 nitrogen and oxygen atoms in total. The van der Waals surface area contributed by atoms with Crippen LogP contribution in [0, 0.1) is 5.82 Å². The van der Waals surface area contributed by atoms with Crippen LogP contribution in [0.1, 0.15) is 24.8 Å². The zero-order chi connectivity index (χ0) is 13.2. The largest absolute Gasteiger partial charge is 0.364 e. The van der Waals surface area contributed by atoms with Gasteiger partial charge in [0, 0.05) is 6.54 Å². The minimum atomic E-state index is -0.405. The van der Waals surface area contributed by atoms with Gasteiger partial charge in [0.05, 0.1) is 12.3 Å². The van der Waals surface area contributed by atoms with Crippen molar-refractivity contribution in [3.8, 4) is 11.5 Å². The van der Waals surface area contributed by atoms with Crippen molar-refractivity contribution in [3.05, 3.63) is 30.0 Å². The summed E-state index contributed by atoms with van der Waals surface area (Å²) in [7, 11) is 0. The minimum absolute atomic E-state index is 0.0456. The second kappa shape index (κ2) is 5.02. The number of ether oxygens (including phenoxy) is 1. The van der Waals surface area contributed by atoms with E-state index in [2.05, 4.69) is 15.1 Å².